The third-order valence-corrected chi connectivity index (χ3v) is 0.581. The third-order valence-electron chi connectivity index (χ3n) is 0.581. The average molecular weight is 148 g/mol. The Morgan fingerprint density at radius 1 is 1.40 bits per heavy atom. The van der Waals surface area contributed by atoms with Crippen molar-refractivity contribution in [3.05, 3.63) is 24.8 Å². The quantitative estimate of drug-likeness (QED) is 0.447. The van der Waals surface area contributed by atoms with E-state index in [4.69, 9.17) is 0 Å². The lowest BCUT2D eigenvalue weighted by Crippen LogP contribution is -2.05. The van der Waals surface area contributed by atoms with Crippen molar-refractivity contribution >= 4 is 5.97 Å². The van der Waals surface area contributed by atoms with Crippen LogP contribution in [0.4, 0.5) is 8.78 Å². The molecule has 0 heterocycles. The largest absolute Gasteiger partial charge is 0.453 e. The van der Waals surface area contributed by atoms with E-state index in [0.717, 1.165) is 0 Å². The molecular weight excluding hydrogens is 142 g/mol. The highest BCUT2D eigenvalue weighted by Crippen LogP contribution is 1.98. The summed E-state index contributed by atoms with van der Waals surface area (Å²) in [4.78, 5) is 10.1. The van der Waals surface area contributed by atoms with Crippen LogP contribution in [-0.2, 0) is 9.53 Å². The van der Waals surface area contributed by atoms with E-state index in [1.807, 2.05) is 0 Å². The molecule has 2 nitrogen and oxygen atoms in total. The standard InChI is InChI=1S/C6H6F2O2/c1-4(7)3-10-6(9)5(2)8/h1-3H2. The fraction of sp³-hybridized carbons (Fsp3) is 0.167. The Labute approximate surface area is 56.8 Å². The summed E-state index contributed by atoms with van der Waals surface area (Å²) in [5.74, 6) is -3.35. The summed E-state index contributed by atoms with van der Waals surface area (Å²) < 4.78 is 27.4. The number of carbonyl (C=O) groups excluding carboxylic acids is 1. The molecule has 0 spiro atoms. The average Bonchev–Trinajstić information content (AvgIpc) is 1.82. The number of halogens is 2. The van der Waals surface area contributed by atoms with E-state index in [-0.39, 0.29) is 0 Å². The van der Waals surface area contributed by atoms with Crippen LogP contribution in [0.25, 0.3) is 0 Å². The molecule has 0 radical (unpaired) electrons. The third kappa shape index (κ3) is 3.77. The van der Waals surface area contributed by atoms with Gasteiger partial charge in [-0.1, -0.05) is 13.2 Å². The van der Waals surface area contributed by atoms with Crippen LogP contribution in [0.2, 0.25) is 0 Å². The smallest absolute Gasteiger partial charge is 0.366 e. The molecule has 0 bridgehead atoms. The van der Waals surface area contributed by atoms with Gasteiger partial charge < -0.3 is 4.74 Å². The lowest BCUT2D eigenvalue weighted by atomic mass is 10.6. The predicted octanol–water partition coefficient (Wildman–Crippen LogP) is 1.50. The van der Waals surface area contributed by atoms with Gasteiger partial charge in [-0.3, -0.25) is 0 Å². The first-order chi connectivity index (χ1) is 4.54. The van der Waals surface area contributed by atoms with Gasteiger partial charge in [-0.25, -0.2) is 9.18 Å². The molecule has 0 saturated carbocycles. The highest BCUT2D eigenvalue weighted by molar-refractivity contribution is 5.85. The SMILES string of the molecule is C=C(F)COC(=O)C(=C)F. The van der Waals surface area contributed by atoms with Crippen molar-refractivity contribution in [2.24, 2.45) is 0 Å². The van der Waals surface area contributed by atoms with E-state index in [1.54, 1.807) is 0 Å². The van der Waals surface area contributed by atoms with Crippen molar-refractivity contribution in [1.29, 1.82) is 0 Å². The number of hydrogen-bond acceptors (Lipinski definition) is 2. The summed E-state index contributed by atoms with van der Waals surface area (Å²) in [7, 11) is 0. The summed E-state index contributed by atoms with van der Waals surface area (Å²) in [5.41, 5.74) is 0. The second-order valence-electron chi connectivity index (χ2n) is 1.50. The van der Waals surface area contributed by atoms with Crippen LogP contribution in [0.3, 0.4) is 0 Å². The molecule has 0 saturated heterocycles. The zero-order valence-corrected chi connectivity index (χ0v) is 5.19. The van der Waals surface area contributed by atoms with E-state index in [2.05, 4.69) is 17.9 Å². The van der Waals surface area contributed by atoms with Gasteiger partial charge in [0, 0.05) is 0 Å². The summed E-state index contributed by atoms with van der Waals surface area (Å²) in [6, 6.07) is 0. The molecule has 0 aliphatic carbocycles. The first kappa shape index (κ1) is 8.81. The van der Waals surface area contributed by atoms with Gasteiger partial charge in [0.15, 0.2) is 0 Å². The van der Waals surface area contributed by atoms with Crippen molar-refractivity contribution in [3.63, 3.8) is 0 Å². The molecule has 0 N–H and O–H groups in total. The van der Waals surface area contributed by atoms with Gasteiger partial charge in [0.1, 0.15) is 12.4 Å². The molecule has 10 heavy (non-hydrogen) atoms. The van der Waals surface area contributed by atoms with E-state index in [9.17, 15) is 13.6 Å². The Kier molecular flexibility index (Phi) is 3.32. The molecule has 56 valence electrons. The highest BCUT2D eigenvalue weighted by atomic mass is 19.1. The van der Waals surface area contributed by atoms with Gasteiger partial charge in [0.05, 0.1) is 0 Å². The minimum atomic E-state index is -1.26. The van der Waals surface area contributed by atoms with Crippen molar-refractivity contribution in [3.8, 4) is 0 Å². The molecule has 0 fully saturated rings. The Morgan fingerprint density at radius 2 is 1.90 bits per heavy atom. The Morgan fingerprint density at radius 3 is 2.20 bits per heavy atom. The lowest BCUT2D eigenvalue weighted by molar-refractivity contribution is -0.140. The summed E-state index contributed by atoms with van der Waals surface area (Å²) >= 11 is 0. The number of carbonyl (C=O) groups is 1. The number of ether oxygens (including phenoxy) is 1. The number of esters is 1. The van der Waals surface area contributed by atoms with E-state index < -0.39 is 24.2 Å². The van der Waals surface area contributed by atoms with Crippen LogP contribution in [0, 0.1) is 0 Å². The first-order valence-corrected chi connectivity index (χ1v) is 2.39. The van der Waals surface area contributed by atoms with Gasteiger partial charge in [0.2, 0.25) is 5.83 Å². The fourth-order valence-corrected chi connectivity index (χ4v) is 0.222. The molecule has 0 amide bonds. The van der Waals surface area contributed by atoms with E-state index in [1.165, 1.54) is 0 Å². The number of rotatable bonds is 3. The molecule has 4 heteroatoms. The molecule has 0 aromatic rings. The van der Waals surface area contributed by atoms with Crippen molar-refractivity contribution in [1.82, 2.24) is 0 Å². The molecule has 0 aliphatic rings. The monoisotopic (exact) mass is 148 g/mol. The zero-order valence-electron chi connectivity index (χ0n) is 5.19. The van der Waals surface area contributed by atoms with E-state index >= 15 is 0 Å². The van der Waals surface area contributed by atoms with Crippen LogP contribution in [0.1, 0.15) is 0 Å². The first-order valence-electron chi connectivity index (χ1n) is 2.39. The molecule has 0 aliphatic heterocycles. The molecule has 0 aromatic carbocycles. The molecule has 0 unspecified atom stereocenters. The molecule has 0 rings (SSSR count). The molecule has 0 aromatic heterocycles. The van der Waals surface area contributed by atoms with Crippen molar-refractivity contribution in [2.45, 2.75) is 0 Å². The van der Waals surface area contributed by atoms with Crippen molar-refractivity contribution < 1.29 is 18.3 Å². The maximum absolute atomic E-state index is 11.7. The van der Waals surface area contributed by atoms with Gasteiger partial charge >= 0.3 is 5.97 Å². The highest BCUT2D eigenvalue weighted by Gasteiger charge is 2.06. The summed E-state index contributed by atoms with van der Waals surface area (Å²) in [6.45, 7) is 4.81. The minimum Gasteiger partial charge on any atom is -0.453 e. The van der Waals surface area contributed by atoms with Gasteiger partial charge in [0.25, 0.3) is 0 Å². The summed E-state index contributed by atoms with van der Waals surface area (Å²) in [6.07, 6.45) is 0. The van der Waals surface area contributed by atoms with Gasteiger partial charge in [-0.2, -0.15) is 4.39 Å². The topological polar surface area (TPSA) is 26.3 Å². The Balaban J connectivity index is 3.60. The van der Waals surface area contributed by atoms with Crippen LogP contribution in [0.15, 0.2) is 24.8 Å². The van der Waals surface area contributed by atoms with Crippen LogP contribution < -0.4 is 0 Å². The number of hydrogen-bond donors (Lipinski definition) is 0. The second-order valence-corrected chi connectivity index (χ2v) is 1.50. The predicted molar refractivity (Wildman–Crippen MR) is 31.5 cm³/mol. The maximum atomic E-state index is 11.7. The van der Waals surface area contributed by atoms with Crippen LogP contribution in [0.5, 0.6) is 0 Å². The van der Waals surface area contributed by atoms with Crippen LogP contribution in [-0.4, -0.2) is 12.6 Å². The lowest BCUT2D eigenvalue weighted by Gasteiger charge is -1.97. The zero-order chi connectivity index (χ0) is 8.15. The second kappa shape index (κ2) is 3.76. The normalized spacial score (nSPS) is 8.60. The summed E-state index contributed by atoms with van der Waals surface area (Å²) in [5, 5.41) is 0. The Bertz CT molecular complexity index is 175. The van der Waals surface area contributed by atoms with Crippen LogP contribution >= 0.6 is 0 Å². The molecule has 0 atom stereocenters. The minimum absolute atomic E-state index is 0.623. The van der Waals surface area contributed by atoms with Crippen molar-refractivity contribution in [2.75, 3.05) is 6.61 Å². The van der Waals surface area contributed by atoms with Gasteiger partial charge in [-0.05, 0) is 0 Å². The maximum Gasteiger partial charge on any atom is 0.366 e. The van der Waals surface area contributed by atoms with Gasteiger partial charge in [-0.15, -0.1) is 0 Å². The van der Waals surface area contributed by atoms with E-state index in [0.29, 0.717) is 0 Å². The fourth-order valence-electron chi connectivity index (χ4n) is 0.222. The Hall–Kier alpha value is -1.19. The molecular formula is C6H6F2O2.